The number of hydrogen-bond donors (Lipinski definition) is 2. The van der Waals surface area contributed by atoms with E-state index in [2.05, 4.69) is 12.2 Å². The van der Waals surface area contributed by atoms with Gasteiger partial charge in [-0.3, -0.25) is 0 Å². The summed E-state index contributed by atoms with van der Waals surface area (Å²) in [5, 5.41) is 8.21. The minimum Gasteiger partial charge on any atom is -0.495 e. The maximum Gasteiger partial charge on any atom is 0.238 e. The minimum atomic E-state index is -3.68. The summed E-state index contributed by atoms with van der Waals surface area (Å²) >= 11 is 0. The summed E-state index contributed by atoms with van der Waals surface area (Å²) in [6, 6.07) is 4.51. The van der Waals surface area contributed by atoms with E-state index in [1.165, 1.54) is 19.2 Å². The van der Waals surface area contributed by atoms with E-state index in [-0.39, 0.29) is 4.90 Å². The summed E-state index contributed by atoms with van der Waals surface area (Å²) in [5.41, 5.74) is 0.646. The van der Waals surface area contributed by atoms with Gasteiger partial charge >= 0.3 is 0 Å². The van der Waals surface area contributed by atoms with Crippen molar-refractivity contribution in [2.24, 2.45) is 5.14 Å². The fraction of sp³-hybridized carbons (Fsp3) is 0.455. The number of anilines is 1. The number of primary sulfonamides is 1. The highest BCUT2D eigenvalue weighted by Crippen LogP contribution is 2.26. The van der Waals surface area contributed by atoms with Gasteiger partial charge < -0.3 is 10.1 Å². The summed E-state index contributed by atoms with van der Waals surface area (Å²) in [6.45, 7) is 2.85. The first-order valence-electron chi connectivity index (χ1n) is 5.43. The van der Waals surface area contributed by atoms with Crippen molar-refractivity contribution in [3.05, 3.63) is 18.2 Å². The molecule has 0 amide bonds. The molecule has 1 aromatic rings. The van der Waals surface area contributed by atoms with E-state index < -0.39 is 10.0 Å². The lowest BCUT2D eigenvalue weighted by Gasteiger charge is -2.11. The van der Waals surface area contributed by atoms with Gasteiger partial charge in [-0.2, -0.15) is 0 Å². The second-order valence-corrected chi connectivity index (χ2v) is 5.25. The lowest BCUT2D eigenvalue weighted by atomic mass is 10.2. The number of rotatable bonds is 6. The number of nitrogens with two attached hydrogens (primary N) is 1. The molecule has 1 aromatic carbocycles. The Hall–Kier alpha value is -1.27. The third kappa shape index (κ3) is 3.90. The third-order valence-electron chi connectivity index (χ3n) is 2.35. The molecule has 17 heavy (non-hydrogen) atoms. The molecule has 0 saturated heterocycles. The molecule has 0 unspecified atom stereocenters. The van der Waals surface area contributed by atoms with Crippen LogP contribution in [0.25, 0.3) is 0 Å². The van der Waals surface area contributed by atoms with Crippen molar-refractivity contribution in [3.63, 3.8) is 0 Å². The number of sulfonamides is 1. The summed E-state index contributed by atoms with van der Waals surface area (Å²) in [5.74, 6) is 0.605. The van der Waals surface area contributed by atoms with Gasteiger partial charge in [0.1, 0.15) is 5.75 Å². The fourth-order valence-corrected chi connectivity index (χ4v) is 1.94. The second-order valence-electron chi connectivity index (χ2n) is 3.69. The summed E-state index contributed by atoms with van der Waals surface area (Å²) < 4.78 is 27.6. The monoisotopic (exact) mass is 258 g/mol. The molecular weight excluding hydrogens is 240 g/mol. The van der Waals surface area contributed by atoms with Crippen LogP contribution in [-0.4, -0.2) is 22.1 Å². The molecule has 0 saturated carbocycles. The van der Waals surface area contributed by atoms with Crippen molar-refractivity contribution in [2.45, 2.75) is 24.7 Å². The van der Waals surface area contributed by atoms with E-state index in [9.17, 15) is 8.42 Å². The van der Waals surface area contributed by atoms with Crippen molar-refractivity contribution < 1.29 is 13.2 Å². The molecule has 6 heteroatoms. The van der Waals surface area contributed by atoms with Crippen LogP contribution < -0.4 is 15.2 Å². The molecule has 0 aliphatic heterocycles. The van der Waals surface area contributed by atoms with Gasteiger partial charge in [-0.1, -0.05) is 13.3 Å². The number of ether oxygens (including phenoxy) is 1. The molecule has 0 bridgehead atoms. The number of unbranched alkanes of at least 4 members (excludes halogenated alkanes) is 1. The van der Waals surface area contributed by atoms with Gasteiger partial charge in [0.05, 0.1) is 17.7 Å². The van der Waals surface area contributed by atoms with E-state index >= 15 is 0 Å². The molecule has 0 atom stereocenters. The van der Waals surface area contributed by atoms with E-state index in [0.29, 0.717) is 11.4 Å². The maximum atomic E-state index is 11.2. The van der Waals surface area contributed by atoms with Crippen molar-refractivity contribution in [3.8, 4) is 5.75 Å². The highest BCUT2D eigenvalue weighted by molar-refractivity contribution is 7.89. The van der Waals surface area contributed by atoms with E-state index in [0.717, 1.165) is 19.4 Å². The van der Waals surface area contributed by atoms with Crippen LogP contribution in [0.3, 0.4) is 0 Å². The standard InChI is InChI=1S/C11H18N2O3S/c1-3-4-7-13-10-8-9(17(12,14)15)5-6-11(10)16-2/h5-6,8,13H,3-4,7H2,1-2H3,(H2,12,14,15). The zero-order valence-corrected chi connectivity index (χ0v) is 10.9. The van der Waals surface area contributed by atoms with Crippen molar-refractivity contribution in [1.82, 2.24) is 0 Å². The predicted octanol–water partition coefficient (Wildman–Crippen LogP) is 1.55. The molecule has 0 spiro atoms. The number of nitrogens with one attached hydrogen (secondary N) is 1. The highest BCUT2D eigenvalue weighted by atomic mass is 32.2. The van der Waals surface area contributed by atoms with Crippen molar-refractivity contribution >= 4 is 15.7 Å². The van der Waals surface area contributed by atoms with Crippen LogP contribution in [0, 0.1) is 0 Å². The predicted molar refractivity (Wildman–Crippen MR) is 67.8 cm³/mol. The normalized spacial score (nSPS) is 11.2. The first kappa shape index (κ1) is 13.8. The zero-order chi connectivity index (χ0) is 12.9. The summed E-state index contributed by atoms with van der Waals surface area (Å²) in [6.07, 6.45) is 2.06. The van der Waals surface area contributed by atoms with Crippen LogP contribution in [-0.2, 0) is 10.0 Å². The van der Waals surface area contributed by atoms with Gasteiger partial charge in [0.25, 0.3) is 0 Å². The van der Waals surface area contributed by atoms with Crippen LogP contribution >= 0.6 is 0 Å². The van der Waals surface area contributed by atoms with Gasteiger partial charge in [0, 0.05) is 6.54 Å². The average Bonchev–Trinajstić information content (AvgIpc) is 2.28. The summed E-state index contributed by atoms with van der Waals surface area (Å²) in [4.78, 5) is 0.0808. The Kier molecular flexibility index (Phi) is 4.77. The number of hydrogen-bond acceptors (Lipinski definition) is 4. The molecule has 96 valence electrons. The Morgan fingerprint density at radius 1 is 1.41 bits per heavy atom. The number of methoxy groups -OCH3 is 1. The fourth-order valence-electron chi connectivity index (χ4n) is 1.40. The van der Waals surface area contributed by atoms with Gasteiger partial charge in [-0.25, -0.2) is 13.6 Å². The van der Waals surface area contributed by atoms with E-state index in [1.54, 1.807) is 6.07 Å². The van der Waals surface area contributed by atoms with Gasteiger partial charge in [-0.05, 0) is 24.6 Å². The van der Waals surface area contributed by atoms with E-state index in [1.807, 2.05) is 0 Å². The van der Waals surface area contributed by atoms with Crippen LogP contribution in [0.5, 0.6) is 5.75 Å². The average molecular weight is 258 g/mol. The molecule has 0 aromatic heterocycles. The molecular formula is C11H18N2O3S. The molecule has 0 aliphatic rings. The van der Waals surface area contributed by atoms with Crippen molar-refractivity contribution in [1.29, 1.82) is 0 Å². The number of benzene rings is 1. The minimum absolute atomic E-state index is 0.0808. The molecule has 0 fully saturated rings. The van der Waals surface area contributed by atoms with Gasteiger partial charge in [-0.15, -0.1) is 0 Å². The zero-order valence-electron chi connectivity index (χ0n) is 10.1. The molecule has 5 nitrogen and oxygen atoms in total. The third-order valence-corrected chi connectivity index (χ3v) is 3.26. The first-order chi connectivity index (χ1) is 7.99. The topological polar surface area (TPSA) is 81.4 Å². The molecule has 0 heterocycles. The largest absolute Gasteiger partial charge is 0.495 e. The Bertz CT molecular complexity index is 472. The first-order valence-corrected chi connectivity index (χ1v) is 6.98. The Labute approximate surface area is 102 Å². The van der Waals surface area contributed by atoms with E-state index in [4.69, 9.17) is 9.88 Å². The van der Waals surface area contributed by atoms with Gasteiger partial charge in [0.2, 0.25) is 10.0 Å². The Morgan fingerprint density at radius 3 is 2.65 bits per heavy atom. The summed E-state index contributed by atoms with van der Waals surface area (Å²) in [7, 11) is -2.14. The van der Waals surface area contributed by atoms with Crippen molar-refractivity contribution in [2.75, 3.05) is 19.0 Å². The van der Waals surface area contributed by atoms with Crippen LogP contribution in [0.2, 0.25) is 0 Å². The Morgan fingerprint density at radius 2 is 2.12 bits per heavy atom. The highest BCUT2D eigenvalue weighted by Gasteiger charge is 2.11. The SMILES string of the molecule is CCCCNc1cc(S(N)(=O)=O)ccc1OC. The second kappa shape index (κ2) is 5.88. The molecule has 0 radical (unpaired) electrons. The molecule has 0 aliphatic carbocycles. The smallest absolute Gasteiger partial charge is 0.238 e. The van der Waals surface area contributed by atoms with Crippen LogP contribution in [0.4, 0.5) is 5.69 Å². The quantitative estimate of drug-likeness (QED) is 0.759. The van der Waals surface area contributed by atoms with Crippen LogP contribution in [0.1, 0.15) is 19.8 Å². The molecule has 3 N–H and O–H groups in total. The maximum absolute atomic E-state index is 11.2. The van der Waals surface area contributed by atoms with Crippen LogP contribution in [0.15, 0.2) is 23.1 Å². The lowest BCUT2D eigenvalue weighted by Crippen LogP contribution is -2.13. The lowest BCUT2D eigenvalue weighted by molar-refractivity contribution is 0.416. The Balaban J connectivity index is 2.98. The molecule has 1 rings (SSSR count). The van der Waals surface area contributed by atoms with Gasteiger partial charge in [0.15, 0.2) is 0 Å².